The van der Waals surface area contributed by atoms with E-state index in [4.69, 9.17) is 4.74 Å². The number of ether oxygens (including phenoxy) is 1. The van der Waals surface area contributed by atoms with Crippen molar-refractivity contribution in [3.05, 3.63) is 77.7 Å². The van der Waals surface area contributed by atoms with Crippen LogP contribution >= 0.6 is 0 Å². The maximum atomic E-state index is 12.3. The van der Waals surface area contributed by atoms with Gasteiger partial charge in [0.2, 0.25) is 0 Å². The topological polar surface area (TPSA) is 93.2 Å². The molecule has 0 bridgehead atoms. The number of aromatic nitrogens is 2. The Labute approximate surface area is 156 Å². The molecule has 136 valence electrons. The average molecular weight is 362 g/mol. The zero-order chi connectivity index (χ0) is 19.2. The summed E-state index contributed by atoms with van der Waals surface area (Å²) >= 11 is 0. The number of carbonyl (C=O) groups is 2. The summed E-state index contributed by atoms with van der Waals surface area (Å²) in [5.74, 6) is -0.411. The van der Waals surface area contributed by atoms with Gasteiger partial charge in [-0.25, -0.2) is 14.8 Å². The molecule has 1 amide bonds. The molecule has 0 unspecified atom stereocenters. The second-order valence-corrected chi connectivity index (χ2v) is 5.77. The Balaban J connectivity index is 1.71. The number of aryl methyl sites for hydroxylation is 1. The van der Waals surface area contributed by atoms with Crippen LogP contribution in [0.4, 0.5) is 17.2 Å². The number of esters is 1. The van der Waals surface area contributed by atoms with Gasteiger partial charge in [-0.2, -0.15) is 0 Å². The van der Waals surface area contributed by atoms with Gasteiger partial charge in [0.05, 0.1) is 30.8 Å². The van der Waals surface area contributed by atoms with Gasteiger partial charge in [-0.15, -0.1) is 0 Å². The van der Waals surface area contributed by atoms with Crippen LogP contribution in [0.2, 0.25) is 0 Å². The summed E-state index contributed by atoms with van der Waals surface area (Å²) in [6.07, 6.45) is 2.80. The van der Waals surface area contributed by atoms with Gasteiger partial charge in [0.15, 0.2) is 0 Å². The molecule has 0 spiro atoms. The smallest absolute Gasteiger partial charge is 0.339 e. The molecule has 2 N–H and O–H groups in total. The van der Waals surface area contributed by atoms with Gasteiger partial charge in [-0.3, -0.25) is 4.79 Å². The summed E-state index contributed by atoms with van der Waals surface area (Å²) < 4.78 is 4.76. The fourth-order valence-electron chi connectivity index (χ4n) is 2.36. The number of hydrogen-bond donors (Lipinski definition) is 2. The first-order valence-corrected chi connectivity index (χ1v) is 8.21. The highest BCUT2D eigenvalue weighted by atomic mass is 16.5. The van der Waals surface area contributed by atoms with Crippen molar-refractivity contribution >= 4 is 29.1 Å². The van der Waals surface area contributed by atoms with Gasteiger partial charge in [-0.05, 0) is 31.2 Å². The van der Waals surface area contributed by atoms with Crippen molar-refractivity contribution in [3.8, 4) is 0 Å². The van der Waals surface area contributed by atoms with E-state index in [-0.39, 0.29) is 11.6 Å². The number of rotatable bonds is 5. The van der Waals surface area contributed by atoms with Crippen molar-refractivity contribution in [3.63, 3.8) is 0 Å². The summed E-state index contributed by atoms with van der Waals surface area (Å²) in [5, 5.41) is 5.77. The number of nitrogens with one attached hydrogen (secondary N) is 2. The van der Waals surface area contributed by atoms with Crippen molar-refractivity contribution in [2.45, 2.75) is 6.92 Å². The van der Waals surface area contributed by atoms with E-state index in [1.807, 2.05) is 31.2 Å². The Kier molecular flexibility index (Phi) is 5.41. The van der Waals surface area contributed by atoms with Gasteiger partial charge >= 0.3 is 5.97 Å². The molecule has 3 aromatic rings. The molecule has 0 radical (unpaired) electrons. The van der Waals surface area contributed by atoms with E-state index >= 15 is 0 Å². The SMILES string of the molecule is COC(=O)c1ccccc1Nc1cnc(C(=O)Nc2ccc(C)cc2)cn1. The third-order valence-corrected chi connectivity index (χ3v) is 3.79. The lowest BCUT2D eigenvalue weighted by Gasteiger charge is -2.10. The highest BCUT2D eigenvalue weighted by molar-refractivity contribution is 6.02. The van der Waals surface area contributed by atoms with Crippen molar-refractivity contribution in [1.29, 1.82) is 0 Å². The van der Waals surface area contributed by atoms with Gasteiger partial charge in [-0.1, -0.05) is 29.8 Å². The molecule has 0 saturated carbocycles. The largest absolute Gasteiger partial charge is 0.465 e. The van der Waals surface area contributed by atoms with Crippen LogP contribution < -0.4 is 10.6 Å². The Hall–Kier alpha value is -3.74. The minimum atomic E-state index is -0.458. The minimum absolute atomic E-state index is 0.183. The molecule has 27 heavy (non-hydrogen) atoms. The number of nitrogens with zero attached hydrogens (tertiary/aromatic N) is 2. The Morgan fingerprint density at radius 1 is 0.963 bits per heavy atom. The van der Waals surface area contributed by atoms with E-state index in [9.17, 15) is 9.59 Å². The lowest BCUT2D eigenvalue weighted by Crippen LogP contribution is -2.14. The van der Waals surface area contributed by atoms with Crippen LogP contribution in [0.15, 0.2) is 60.9 Å². The lowest BCUT2D eigenvalue weighted by atomic mass is 10.2. The van der Waals surface area contributed by atoms with Crippen molar-refractivity contribution in [1.82, 2.24) is 9.97 Å². The monoisotopic (exact) mass is 362 g/mol. The molecule has 0 saturated heterocycles. The zero-order valence-corrected chi connectivity index (χ0v) is 14.9. The molecular weight excluding hydrogens is 344 g/mol. The third-order valence-electron chi connectivity index (χ3n) is 3.79. The van der Waals surface area contributed by atoms with Gasteiger partial charge in [0.25, 0.3) is 5.91 Å². The number of hydrogen-bond acceptors (Lipinski definition) is 6. The molecule has 1 aromatic heterocycles. The zero-order valence-electron chi connectivity index (χ0n) is 14.9. The van der Waals surface area contributed by atoms with Crippen molar-refractivity contribution < 1.29 is 14.3 Å². The van der Waals surface area contributed by atoms with Crippen molar-refractivity contribution in [2.24, 2.45) is 0 Å². The predicted octanol–water partition coefficient (Wildman–Crippen LogP) is 3.57. The summed E-state index contributed by atoms with van der Waals surface area (Å²) in [6.45, 7) is 1.97. The second-order valence-electron chi connectivity index (χ2n) is 5.77. The van der Waals surface area contributed by atoms with Gasteiger partial charge < -0.3 is 15.4 Å². The summed E-state index contributed by atoms with van der Waals surface area (Å²) in [7, 11) is 1.32. The summed E-state index contributed by atoms with van der Waals surface area (Å²) in [6, 6.07) is 14.4. The van der Waals surface area contributed by atoms with E-state index in [1.165, 1.54) is 19.5 Å². The minimum Gasteiger partial charge on any atom is -0.465 e. The van der Waals surface area contributed by atoms with E-state index < -0.39 is 5.97 Å². The Bertz CT molecular complexity index is 954. The second kappa shape index (κ2) is 8.09. The molecule has 0 aliphatic rings. The highest BCUT2D eigenvalue weighted by Gasteiger charge is 2.13. The number of amides is 1. The molecular formula is C20H18N4O3. The molecule has 7 nitrogen and oxygen atoms in total. The number of anilines is 3. The van der Waals surface area contributed by atoms with E-state index in [0.717, 1.165) is 5.56 Å². The molecule has 3 rings (SSSR count). The molecule has 0 atom stereocenters. The maximum Gasteiger partial charge on any atom is 0.339 e. The molecule has 0 fully saturated rings. The van der Waals surface area contributed by atoms with Crippen LogP contribution in [0.1, 0.15) is 26.4 Å². The van der Waals surface area contributed by atoms with E-state index in [0.29, 0.717) is 22.8 Å². The summed E-state index contributed by atoms with van der Waals surface area (Å²) in [5.41, 5.74) is 2.89. The first kappa shape index (κ1) is 18.1. The third kappa shape index (κ3) is 4.46. The van der Waals surface area contributed by atoms with Crippen LogP contribution in [-0.2, 0) is 4.74 Å². The van der Waals surface area contributed by atoms with Gasteiger partial charge in [0.1, 0.15) is 11.5 Å². The standard InChI is InChI=1S/C20H18N4O3/c1-13-7-9-14(10-8-13)23-19(25)17-11-22-18(12-21-17)24-16-6-4-3-5-15(16)20(26)27-2/h3-12H,1-2H3,(H,22,24)(H,23,25). The maximum absolute atomic E-state index is 12.3. The van der Waals surface area contributed by atoms with Crippen LogP contribution in [0.3, 0.4) is 0 Å². The van der Waals surface area contributed by atoms with Crippen molar-refractivity contribution in [2.75, 3.05) is 17.7 Å². The lowest BCUT2D eigenvalue weighted by molar-refractivity contribution is 0.0601. The first-order valence-electron chi connectivity index (χ1n) is 8.21. The molecule has 0 aliphatic carbocycles. The van der Waals surface area contributed by atoms with Gasteiger partial charge in [0, 0.05) is 5.69 Å². The van der Waals surface area contributed by atoms with E-state index in [1.54, 1.807) is 24.3 Å². The fourth-order valence-corrected chi connectivity index (χ4v) is 2.36. The Morgan fingerprint density at radius 3 is 2.37 bits per heavy atom. The Morgan fingerprint density at radius 2 is 1.70 bits per heavy atom. The van der Waals surface area contributed by atoms with Crippen LogP contribution in [0.25, 0.3) is 0 Å². The van der Waals surface area contributed by atoms with Crippen LogP contribution in [0.5, 0.6) is 0 Å². The highest BCUT2D eigenvalue weighted by Crippen LogP contribution is 2.20. The summed E-state index contributed by atoms with van der Waals surface area (Å²) in [4.78, 5) is 32.4. The number of para-hydroxylation sites is 1. The number of methoxy groups -OCH3 is 1. The number of carbonyl (C=O) groups excluding carboxylic acids is 2. The van der Waals surface area contributed by atoms with E-state index in [2.05, 4.69) is 20.6 Å². The normalized spacial score (nSPS) is 10.1. The number of benzene rings is 2. The molecule has 0 aliphatic heterocycles. The molecule has 2 aromatic carbocycles. The first-order chi connectivity index (χ1) is 13.1. The average Bonchev–Trinajstić information content (AvgIpc) is 2.70. The molecule has 7 heteroatoms. The van der Waals surface area contributed by atoms with Crippen LogP contribution in [0, 0.1) is 6.92 Å². The van der Waals surface area contributed by atoms with Crippen LogP contribution in [-0.4, -0.2) is 29.0 Å². The molecule has 1 heterocycles. The quantitative estimate of drug-likeness (QED) is 0.674. The predicted molar refractivity (Wildman–Crippen MR) is 102 cm³/mol. The fraction of sp³-hybridized carbons (Fsp3) is 0.100.